The van der Waals surface area contributed by atoms with E-state index < -0.39 is 0 Å². The molecule has 150 valence electrons. The summed E-state index contributed by atoms with van der Waals surface area (Å²) < 4.78 is 5.45. The smallest absolute Gasteiger partial charge is 0.231 e. The Labute approximate surface area is 180 Å². The second-order valence-electron chi connectivity index (χ2n) is 6.64. The predicted molar refractivity (Wildman–Crippen MR) is 119 cm³/mol. The zero-order valence-electron chi connectivity index (χ0n) is 15.9. The molecule has 2 N–H and O–H groups in total. The topological polar surface area (TPSA) is 65.5 Å². The van der Waals surface area contributed by atoms with Gasteiger partial charge in [0.2, 0.25) is 5.95 Å². The maximum absolute atomic E-state index is 6.02. The fourth-order valence-electron chi connectivity index (χ4n) is 3.11. The highest BCUT2D eigenvalue weighted by molar-refractivity contribution is 7.80. The first-order valence-electron chi connectivity index (χ1n) is 8.72. The Balaban J connectivity index is 1.74. The van der Waals surface area contributed by atoms with Crippen LogP contribution in [0.5, 0.6) is 5.75 Å². The Morgan fingerprint density at radius 2 is 2.00 bits per heavy atom. The molecule has 3 rings (SSSR count). The molecule has 1 saturated heterocycles. The van der Waals surface area contributed by atoms with Crippen molar-refractivity contribution in [3.05, 3.63) is 34.4 Å². The Hall–Kier alpha value is -1.87. The molecule has 0 radical (unpaired) electrons. The van der Waals surface area contributed by atoms with E-state index in [0.29, 0.717) is 44.4 Å². The van der Waals surface area contributed by atoms with Crippen molar-refractivity contribution in [1.29, 1.82) is 0 Å². The van der Waals surface area contributed by atoms with Gasteiger partial charge in [-0.15, -0.1) is 0 Å². The largest absolute Gasteiger partial charge is 0.491 e. The summed E-state index contributed by atoms with van der Waals surface area (Å²) in [6.07, 6.45) is 2.71. The normalized spacial score (nSPS) is 16.7. The number of hydrogen-bond acceptors (Lipinski definition) is 6. The minimum absolute atomic E-state index is 0.331. The third-order valence-corrected chi connectivity index (χ3v) is 5.19. The number of anilines is 3. The van der Waals surface area contributed by atoms with Gasteiger partial charge < -0.3 is 25.2 Å². The lowest BCUT2D eigenvalue weighted by molar-refractivity contribution is 0.401. The summed E-state index contributed by atoms with van der Waals surface area (Å²) in [6.45, 7) is 2.03. The summed E-state index contributed by atoms with van der Waals surface area (Å²) in [5.74, 6) is 1.71. The van der Waals surface area contributed by atoms with Gasteiger partial charge in [0.15, 0.2) is 16.7 Å². The Morgan fingerprint density at radius 3 is 2.61 bits per heavy atom. The quantitative estimate of drug-likeness (QED) is 0.681. The third kappa shape index (κ3) is 5.14. The maximum atomic E-state index is 6.02. The van der Waals surface area contributed by atoms with Crippen molar-refractivity contribution in [2.45, 2.75) is 12.5 Å². The molecule has 0 saturated carbocycles. The Morgan fingerprint density at radius 1 is 1.29 bits per heavy atom. The van der Waals surface area contributed by atoms with Crippen LogP contribution in [0.3, 0.4) is 0 Å². The molecular formula is C18H22Cl2N6OS. The van der Waals surface area contributed by atoms with Crippen LogP contribution < -0.4 is 20.3 Å². The zero-order valence-corrected chi connectivity index (χ0v) is 18.2. The van der Waals surface area contributed by atoms with Gasteiger partial charge in [-0.3, -0.25) is 0 Å². The van der Waals surface area contributed by atoms with Gasteiger partial charge in [-0.1, -0.05) is 23.2 Å². The van der Waals surface area contributed by atoms with E-state index in [1.807, 2.05) is 7.05 Å². The standard InChI is InChI=1S/C18H22Cl2N6OS/c1-25-5-4-14(10-25)26(2)16-15(27-3)9-21-17(23-16)24-18(28)22-13-7-11(19)6-12(20)8-13/h6-9,14H,4-5,10H2,1-3H3,(H2,21,22,23,24,28). The van der Waals surface area contributed by atoms with Crippen molar-refractivity contribution in [1.82, 2.24) is 14.9 Å². The van der Waals surface area contributed by atoms with Gasteiger partial charge in [0.25, 0.3) is 0 Å². The number of hydrogen-bond donors (Lipinski definition) is 2. The lowest BCUT2D eigenvalue weighted by Gasteiger charge is -2.27. The highest BCUT2D eigenvalue weighted by Crippen LogP contribution is 2.29. The summed E-state index contributed by atoms with van der Waals surface area (Å²) in [5.41, 5.74) is 0.676. The average Bonchev–Trinajstić information content (AvgIpc) is 3.06. The van der Waals surface area contributed by atoms with Crippen molar-refractivity contribution in [3.63, 3.8) is 0 Å². The first kappa shape index (κ1) is 20.9. The molecule has 28 heavy (non-hydrogen) atoms. The van der Waals surface area contributed by atoms with E-state index in [0.717, 1.165) is 19.5 Å². The molecule has 1 aliphatic rings. The van der Waals surface area contributed by atoms with Crippen LogP contribution in [0.1, 0.15) is 6.42 Å². The lowest BCUT2D eigenvalue weighted by Crippen LogP contribution is -2.35. The molecule has 1 aromatic carbocycles. The van der Waals surface area contributed by atoms with Crippen LogP contribution in [0, 0.1) is 0 Å². The number of halogens is 2. The fourth-order valence-corrected chi connectivity index (χ4v) is 3.84. The molecule has 7 nitrogen and oxygen atoms in total. The summed E-state index contributed by atoms with van der Waals surface area (Å²) in [5, 5.41) is 7.39. The molecular weight excluding hydrogens is 419 g/mol. The van der Waals surface area contributed by atoms with Crippen molar-refractivity contribution in [2.24, 2.45) is 0 Å². The highest BCUT2D eigenvalue weighted by Gasteiger charge is 2.26. The molecule has 1 unspecified atom stereocenters. The Bertz CT molecular complexity index is 848. The molecule has 2 aromatic rings. The average molecular weight is 441 g/mol. The minimum atomic E-state index is 0.331. The van der Waals surface area contributed by atoms with E-state index in [1.54, 1.807) is 31.5 Å². The molecule has 1 fully saturated rings. The first-order valence-corrected chi connectivity index (χ1v) is 9.88. The molecule has 0 amide bonds. The number of ether oxygens (including phenoxy) is 1. The van der Waals surface area contributed by atoms with E-state index in [-0.39, 0.29) is 0 Å². The van der Waals surface area contributed by atoms with Gasteiger partial charge in [0.1, 0.15) is 0 Å². The number of thiocarbonyl (C=S) groups is 1. The van der Waals surface area contributed by atoms with Crippen LogP contribution in [0.4, 0.5) is 17.5 Å². The van der Waals surface area contributed by atoms with Crippen LogP contribution in [-0.2, 0) is 0 Å². The van der Waals surface area contributed by atoms with E-state index in [9.17, 15) is 0 Å². The molecule has 0 bridgehead atoms. The number of nitrogens with one attached hydrogen (secondary N) is 2. The van der Waals surface area contributed by atoms with E-state index in [1.165, 1.54) is 0 Å². The number of nitrogens with zero attached hydrogens (tertiary/aromatic N) is 4. The number of likely N-dealkylation sites (N-methyl/N-ethyl adjacent to an activating group) is 2. The SMILES string of the molecule is COc1cnc(NC(=S)Nc2cc(Cl)cc(Cl)c2)nc1N(C)C1CCN(C)C1. The van der Waals surface area contributed by atoms with Gasteiger partial charge in [-0.2, -0.15) is 4.98 Å². The molecule has 1 aliphatic heterocycles. The number of aromatic nitrogens is 2. The number of rotatable bonds is 5. The predicted octanol–water partition coefficient (Wildman–Crippen LogP) is 3.74. The fraction of sp³-hybridized carbons (Fsp3) is 0.389. The van der Waals surface area contributed by atoms with Crippen LogP contribution >= 0.6 is 35.4 Å². The number of methoxy groups -OCH3 is 1. The van der Waals surface area contributed by atoms with Crippen LogP contribution in [0.25, 0.3) is 0 Å². The van der Waals surface area contributed by atoms with E-state index in [2.05, 4.69) is 37.4 Å². The van der Waals surface area contributed by atoms with Gasteiger partial charge in [-0.25, -0.2) is 4.98 Å². The van der Waals surface area contributed by atoms with Gasteiger partial charge in [0.05, 0.1) is 13.3 Å². The number of benzene rings is 1. The van der Waals surface area contributed by atoms with E-state index in [4.69, 9.17) is 40.2 Å². The van der Waals surface area contributed by atoms with Gasteiger partial charge in [-0.05, 0) is 50.4 Å². The molecule has 1 atom stereocenters. The summed E-state index contributed by atoms with van der Waals surface area (Å²) in [6, 6.07) is 5.47. The minimum Gasteiger partial charge on any atom is -0.491 e. The summed E-state index contributed by atoms with van der Waals surface area (Å²) in [4.78, 5) is 13.3. The van der Waals surface area contributed by atoms with Crippen molar-refractivity contribution >= 4 is 58.0 Å². The molecule has 0 spiro atoms. The summed E-state index contributed by atoms with van der Waals surface area (Å²) in [7, 11) is 5.74. The first-order chi connectivity index (χ1) is 13.4. The third-order valence-electron chi connectivity index (χ3n) is 4.55. The molecule has 2 heterocycles. The van der Waals surface area contributed by atoms with Crippen molar-refractivity contribution in [3.8, 4) is 5.75 Å². The lowest BCUT2D eigenvalue weighted by atomic mass is 10.2. The maximum Gasteiger partial charge on any atom is 0.231 e. The zero-order chi connectivity index (χ0) is 20.3. The van der Waals surface area contributed by atoms with Crippen LogP contribution in [0.2, 0.25) is 10.0 Å². The molecule has 10 heteroatoms. The van der Waals surface area contributed by atoms with Gasteiger partial charge >= 0.3 is 0 Å². The summed E-state index contributed by atoms with van der Waals surface area (Å²) >= 11 is 17.4. The van der Waals surface area contributed by atoms with Crippen LogP contribution in [-0.4, -0.2) is 60.3 Å². The van der Waals surface area contributed by atoms with E-state index >= 15 is 0 Å². The van der Waals surface area contributed by atoms with Crippen LogP contribution in [0.15, 0.2) is 24.4 Å². The van der Waals surface area contributed by atoms with Gasteiger partial charge in [0, 0.05) is 35.4 Å². The van der Waals surface area contributed by atoms with Crippen molar-refractivity contribution < 1.29 is 4.74 Å². The molecule has 0 aliphatic carbocycles. The highest BCUT2D eigenvalue weighted by atomic mass is 35.5. The Kier molecular flexibility index (Phi) is 6.77. The molecule has 1 aromatic heterocycles. The second-order valence-corrected chi connectivity index (χ2v) is 7.92. The van der Waals surface area contributed by atoms with Crippen molar-refractivity contribution in [2.75, 3.05) is 49.8 Å². The monoisotopic (exact) mass is 440 g/mol. The second kappa shape index (κ2) is 9.09. The number of likely N-dealkylation sites (tertiary alicyclic amines) is 1.